The minimum Gasteiger partial charge on any atom is -0.463 e. The second-order valence-corrected chi connectivity index (χ2v) is 6.48. The van der Waals surface area contributed by atoms with Crippen LogP contribution in [-0.2, 0) is 17.8 Å². The average molecular weight is 294 g/mol. The third kappa shape index (κ3) is 5.13. The maximum absolute atomic E-state index is 6.02. The van der Waals surface area contributed by atoms with Gasteiger partial charge in [-0.1, -0.05) is 20.8 Å². The highest BCUT2D eigenvalue weighted by Crippen LogP contribution is 2.18. The van der Waals surface area contributed by atoms with Crippen molar-refractivity contribution < 1.29 is 9.15 Å². The molecule has 1 aromatic rings. The number of hydrogen-bond donors (Lipinski definition) is 1. The molecule has 21 heavy (non-hydrogen) atoms. The van der Waals surface area contributed by atoms with E-state index in [-0.39, 0.29) is 0 Å². The standard InChI is InChI=1S/C17H30N2O2/c1-5-15-11-19(6-7-20-15)12-16-8-14(4)17(21-16)10-18-9-13(2)3/h8,13,15,18H,5-7,9-12H2,1-4H3. The van der Waals surface area contributed by atoms with E-state index in [1.807, 2.05) is 0 Å². The Kier molecular flexibility index (Phi) is 6.27. The van der Waals surface area contributed by atoms with E-state index in [4.69, 9.17) is 9.15 Å². The molecular formula is C17H30N2O2. The molecule has 1 unspecified atom stereocenters. The number of furan rings is 1. The summed E-state index contributed by atoms with van der Waals surface area (Å²) in [5.41, 5.74) is 1.25. The zero-order valence-corrected chi connectivity index (χ0v) is 13.9. The lowest BCUT2D eigenvalue weighted by atomic mass is 10.2. The lowest BCUT2D eigenvalue weighted by Crippen LogP contribution is -2.41. The Morgan fingerprint density at radius 3 is 2.95 bits per heavy atom. The summed E-state index contributed by atoms with van der Waals surface area (Å²) in [6.45, 7) is 14.3. The van der Waals surface area contributed by atoms with Crippen molar-refractivity contribution in [1.29, 1.82) is 0 Å². The Balaban J connectivity index is 1.86. The molecule has 4 heteroatoms. The first-order valence-corrected chi connectivity index (χ1v) is 8.21. The number of morpholine rings is 1. The number of rotatable bonds is 7. The van der Waals surface area contributed by atoms with Crippen molar-refractivity contribution in [3.05, 3.63) is 23.2 Å². The SMILES string of the molecule is CCC1CN(Cc2cc(C)c(CNCC(C)C)o2)CCO1. The van der Waals surface area contributed by atoms with Crippen LogP contribution in [0.1, 0.15) is 44.3 Å². The summed E-state index contributed by atoms with van der Waals surface area (Å²) in [6.07, 6.45) is 1.46. The van der Waals surface area contributed by atoms with Crippen molar-refractivity contribution in [3.8, 4) is 0 Å². The third-order valence-electron chi connectivity index (χ3n) is 3.97. The van der Waals surface area contributed by atoms with E-state index in [0.717, 1.165) is 57.3 Å². The van der Waals surface area contributed by atoms with Gasteiger partial charge in [0, 0.05) is 13.1 Å². The summed E-state index contributed by atoms with van der Waals surface area (Å²) in [6, 6.07) is 2.18. The molecule has 1 N–H and O–H groups in total. The highest BCUT2D eigenvalue weighted by Gasteiger charge is 2.20. The Morgan fingerprint density at radius 2 is 2.24 bits per heavy atom. The number of ether oxygens (including phenoxy) is 1. The van der Waals surface area contributed by atoms with Gasteiger partial charge in [-0.15, -0.1) is 0 Å². The van der Waals surface area contributed by atoms with Crippen LogP contribution in [0.3, 0.4) is 0 Å². The molecule has 0 spiro atoms. The van der Waals surface area contributed by atoms with E-state index < -0.39 is 0 Å². The average Bonchev–Trinajstić information content (AvgIpc) is 2.79. The van der Waals surface area contributed by atoms with Gasteiger partial charge in [0.05, 0.1) is 25.8 Å². The van der Waals surface area contributed by atoms with Crippen LogP contribution in [-0.4, -0.2) is 37.2 Å². The van der Waals surface area contributed by atoms with Gasteiger partial charge < -0.3 is 14.5 Å². The molecule has 0 saturated carbocycles. The minimum atomic E-state index is 0.377. The van der Waals surface area contributed by atoms with Crippen LogP contribution in [0.15, 0.2) is 10.5 Å². The van der Waals surface area contributed by atoms with E-state index >= 15 is 0 Å². The van der Waals surface area contributed by atoms with Gasteiger partial charge >= 0.3 is 0 Å². The van der Waals surface area contributed by atoms with Gasteiger partial charge in [0.15, 0.2) is 0 Å². The minimum absolute atomic E-state index is 0.377. The molecule has 1 fully saturated rings. The second-order valence-electron chi connectivity index (χ2n) is 6.48. The summed E-state index contributed by atoms with van der Waals surface area (Å²) in [5, 5.41) is 3.45. The van der Waals surface area contributed by atoms with Gasteiger partial charge in [-0.2, -0.15) is 0 Å². The van der Waals surface area contributed by atoms with Crippen molar-refractivity contribution in [2.75, 3.05) is 26.2 Å². The first kappa shape index (κ1) is 16.5. The molecule has 1 atom stereocenters. The molecule has 0 bridgehead atoms. The van der Waals surface area contributed by atoms with Gasteiger partial charge in [0.1, 0.15) is 11.5 Å². The van der Waals surface area contributed by atoms with Crippen LogP contribution >= 0.6 is 0 Å². The van der Waals surface area contributed by atoms with Crippen molar-refractivity contribution in [2.45, 2.75) is 53.3 Å². The predicted octanol–water partition coefficient (Wildman–Crippen LogP) is 2.94. The van der Waals surface area contributed by atoms with Gasteiger partial charge in [-0.3, -0.25) is 4.90 Å². The first-order valence-electron chi connectivity index (χ1n) is 8.21. The molecule has 2 rings (SSSR count). The second kappa shape index (κ2) is 7.97. The van der Waals surface area contributed by atoms with Gasteiger partial charge in [-0.25, -0.2) is 0 Å². The van der Waals surface area contributed by atoms with Crippen molar-refractivity contribution >= 4 is 0 Å². The number of hydrogen-bond acceptors (Lipinski definition) is 4. The van der Waals surface area contributed by atoms with E-state index in [9.17, 15) is 0 Å². The number of nitrogens with zero attached hydrogens (tertiary/aromatic N) is 1. The zero-order valence-electron chi connectivity index (χ0n) is 13.9. The Hall–Kier alpha value is -0.840. The number of aryl methyl sites for hydroxylation is 1. The summed E-state index contributed by atoms with van der Waals surface area (Å²) >= 11 is 0. The van der Waals surface area contributed by atoms with Crippen LogP contribution in [0.25, 0.3) is 0 Å². The fraction of sp³-hybridized carbons (Fsp3) is 0.765. The molecule has 1 saturated heterocycles. The largest absolute Gasteiger partial charge is 0.463 e. The maximum atomic E-state index is 6.02. The summed E-state index contributed by atoms with van der Waals surface area (Å²) < 4.78 is 11.7. The van der Waals surface area contributed by atoms with Crippen LogP contribution in [0, 0.1) is 12.8 Å². The predicted molar refractivity (Wildman–Crippen MR) is 85.3 cm³/mol. The van der Waals surface area contributed by atoms with E-state index in [1.165, 1.54) is 5.56 Å². The lowest BCUT2D eigenvalue weighted by Gasteiger charge is -2.31. The molecule has 0 radical (unpaired) electrons. The molecule has 1 aliphatic rings. The maximum Gasteiger partial charge on any atom is 0.120 e. The Bertz CT molecular complexity index is 428. The molecule has 1 aliphatic heterocycles. The fourth-order valence-corrected chi connectivity index (χ4v) is 2.71. The van der Waals surface area contributed by atoms with E-state index in [0.29, 0.717) is 12.0 Å². The molecule has 0 aliphatic carbocycles. The summed E-state index contributed by atoms with van der Waals surface area (Å²) in [4.78, 5) is 2.43. The van der Waals surface area contributed by atoms with Crippen LogP contribution in [0.4, 0.5) is 0 Å². The fourth-order valence-electron chi connectivity index (χ4n) is 2.71. The van der Waals surface area contributed by atoms with Gasteiger partial charge in [0.25, 0.3) is 0 Å². The zero-order chi connectivity index (χ0) is 15.2. The molecular weight excluding hydrogens is 264 g/mol. The van der Waals surface area contributed by atoms with Crippen molar-refractivity contribution in [2.24, 2.45) is 5.92 Å². The highest BCUT2D eigenvalue weighted by atomic mass is 16.5. The van der Waals surface area contributed by atoms with Gasteiger partial charge in [-0.05, 0) is 37.4 Å². The summed E-state index contributed by atoms with van der Waals surface area (Å²) in [7, 11) is 0. The summed E-state index contributed by atoms with van der Waals surface area (Å²) in [5.74, 6) is 2.82. The van der Waals surface area contributed by atoms with Crippen LogP contribution in [0.2, 0.25) is 0 Å². The molecule has 0 aromatic carbocycles. The van der Waals surface area contributed by atoms with Crippen LogP contribution in [0.5, 0.6) is 0 Å². The smallest absolute Gasteiger partial charge is 0.120 e. The monoisotopic (exact) mass is 294 g/mol. The highest BCUT2D eigenvalue weighted by molar-refractivity contribution is 5.20. The quantitative estimate of drug-likeness (QED) is 0.839. The topological polar surface area (TPSA) is 37.6 Å². The molecule has 0 amide bonds. The molecule has 120 valence electrons. The Morgan fingerprint density at radius 1 is 1.43 bits per heavy atom. The third-order valence-corrected chi connectivity index (χ3v) is 3.97. The molecule has 4 nitrogen and oxygen atoms in total. The van der Waals surface area contributed by atoms with Gasteiger partial charge in [0.2, 0.25) is 0 Å². The first-order chi connectivity index (χ1) is 10.1. The Labute approximate surface area is 128 Å². The molecule has 2 heterocycles. The van der Waals surface area contributed by atoms with Crippen molar-refractivity contribution in [1.82, 2.24) is 10.2 Å². The lowest BCUT2D eigenvalue weighted by molar-refractivity contribution is -0.0342. The normalized spacial score (nSPS) is 20.3. The van der Waals surface area contributed by atoms with E-state index in [2.05, 4.69) is 44.0 Å². The van der Waals surface area contributed by atoms with Crippen molar-refractivity contribution in [3.63, 3.8) is 0 Å². The van der Waals surface area contributed by atoms with Crippen LogP contribution < -0.4 is 5.32 Å². The number of nitrogens with one attached hydrogen (secondary N) is 1. The molecule has 1 aromatic heterocycles. The van der Waals surface area contributed by atoms with E-state index in [1.54, 1.807) is 0 Å².